The van der Waals surface area contributed by atoms with Gasteiger partial charge in [0.2, 0.25) is 11.6 Å². The average Bonchev–Trinajstić information content (AvgIpc) is 3.39. The number of nitrogens with two attached hydrogens (primary N) is 1. The fourth-order valence-corrected chi connectivity index (χ4v) is 3.38. The molecular weight excluding hydrogens is 486 g/mol. The van der Waals surface area contributed by atoms with Gasteiger partial charge in [0.1, 0.15) is 12.2 Å². The van der Waals surface area contributed by atoms with E-state index in [0.29, 0.717) is 22.3 Å². The normalized spacial score (nSPS) is 11.4. The summed E-state index contributed by atoms with van der Waals surface area (Å²) in [7, 11) is 1.43. The topological polar surface area (TPSA) is 171 Å². The maximum absolute atomic E-state index is 12.8. The minimum atomic E-state index is -0.561. The number of carbonyl (C=O) groups is 1. The maximum atomic E-state index is 12.8. The Morgan fingerprint density at radius 2 is 2.16 bits per heavy atom. The first-order valence-electron chi connectivity index (χ1n) is 9.65. The molecule has 0 saturated heterocycles. The minimum Gasteiger partial charge on any atom is -0.503 e. The zero-order chi connectivity index (χ0) is 23.3. The number of methoxy groups -OCH3 is 1. The molecule has 0 aliphatic carbocycles. The molecule has 0 bridgehead atoms. The van der Waals surface area contributed by atoms with Crippen LogP contribution in [0.1, 0.15) is 35.6 Å². The van der Waals surface area contributed by atoms with Crippen LogP contribution in [0, 0.1) is 0 Å². The van der Waals surface area contributed by atoms with Gasteiger partial charge < -0.3 is 20.5 Å². The number of aromatic hydroxyl groups is 1. The molecule has 1 aromatic carbocycles. The predicted octanol–water partition coefficient (Wildman–Crippen LogP) is -0.102. The van der Waals surface area contributed by atoms with Crippen molar-refractivity contribution in [1.29, 1.82) is 0 Å². The Hall–Kier alpha value is -3.52. The van der Waals surface area contributed by atoms with Crippen LogP contribution >= 0.6 is 15.9 Å². The van der Waals surface area contributed by atoms with Crippen LogP contribution in [0.3, 0.4) is 0 Å². The van der Waals surface area contributed by atoms with E-state index in [1.807, 2.05) is 13.8 Å². The molecule has 3 rings (SSSR count). The number of nitrogen functional groups attached to an aromatic ring is 1. The third kappa shape index (κ3) is 4.86. The first-order valence-corrected chi connectivity index (χ1v) is 10.4. The highest BCUT2D eigenvalue weighted by Crippen LogP contribution is 2.34. The van der Waals surface area contributed by atoms with E-state index in [-0.39, 0.29) is 28.8 Å². The number of nitrogens with zero attached hydrogens (tertiary/aromatic N) is 6. The smallest absolute Gasteiger partial charge is 0.294 e. The number of amides is 1. The highest BCUT2D eigenvalue weighted by atomic mass is 79.9. The Morgan fingerprint density at radius 3 is 2.78 bits per heavy atom. The van der Waals surface area contributed by atoms with Gasteiger partial charge >= 0.3 is 0 Å². The summed E-state index contributed by atoms with van der Waals surface area (Å²) in [5.41, 5.74) is 9.39. The molecule has 32 heavy (non-hydrogen) atoms. The van der Waals surface area contributed by atoms with Gasteiger partial charge in [-0.1, -0.05) is 5.21 Å². The lowest BCUT2D eigenvalue weighted by atomic mass is 10.2. The number of benzene rings is 1. The quantitative estimate of drug-likeness (QED) is 0.227. The SMILES string of the molecule is CC[NH+](CC)Cc1c(C(=O)N/N=C/c2cc(Br)c(O)c(OC)c2)nnn1-c1nonc1N. The largest absolute Gasteiger partial charge is 0.503 e. The van der Waals surface area contributed by atoms with Gasteiger partial charge in [0.15, 0.2) is 17.2 Å². The van der Waals surface area contributed by atoms with E-state index >= 15 is 0 Å². The molecule has 0 unspecified atom stereocenters. The van der Waals surface area contributed by atoms with Crippen LogP contribution in [-0.4, -0.2) is 62.7 Å². The third-order valence-corrected chi connectivity index (χ3v) is 5.35. The van der Waals surface area contributed by atoms with Gasteiger partial charge in [0.05, 0.1) is 30.9 Å². The third-order valence-electron chi connectivity index (χ3n) is 4.74. The summed E-state index contributed by atoms with van der Waals surface area (Å²) in [5.74, 6) is -0.145. The van der Waals surface area contributed by atoms with Crippen LogP contribution in [0.5, 0.6) is 11.5 Å². The van der Waals surface area contributed by atoms with Crippen molar-refractivity contribution in [3.8, 4) is 17.3 Å². The second-order valence-corrected chi connectivity index (χ2v) is 7.51. The molecule has 2 heterocycles. The van der Waals surface area contributed by atoms with E-state index in [4.69, 9.17) is 10.5 Å². The standard InChI is InChI=1S/C18H22BrN9O4/c1-4-27(5-2)9-12-14(22-26-28(12)17-16(20)24-32-25-17)18(30)23-21-8-10-6-11(19)15(29)13(7-10)31-3/h6-8,29H,4-5,9H2,1-3H3,(H2,20,24)(H,23,30)/p+1/b21-8+. The lowest BCUT2D eigenvalue weighted by Crippen LogP contribution is -3.10. The van der Waals surface area contributed by atoms with E-state index in [1.165, 1.54) is 22.9 Å². The summed E-state index contributed by atoms with van der Waals surface area (Å²) < 4.78 is 11.5. The number of rotatable bonds is 9. The van der Waals surface area contributed by atoms with Crippen LogP contribution in [0.25, 0.3) is 5.82 Å². The molecule has 0 aliphatic rings. The molecule has 5 N–H and O–H groups in total. The molecule has 13 nitrogen and oxygen atoms in total. The van der Waals surface area contributed by atoms with Crippen molar-refractivity contribution in [1.82, 2.24) is 30.7 Å². The molecule has 0 atom stereocenters. The van der Waals surface area contributed by atoms with E-state index in [1.54, 1.807) is 12.1 Å². The highest BCUT2D eigenvalue weighted by molar-refractivity contribution is 9.10. The highest BCUT2D eigenvalue weighted by Gasteiger charge is 2.26. The van der Waals surface area contributed by atoms with Gasteiger partial charge in [-0.05, 0) is 57.8 Å². The number of carbonyl (C=O) groups excluding carboxylic acids is 1. The minimum absolute atomic E-state index is 0.0301. The summed E-state index contributed by atoms with van der Waals surface area (Å²) >= 11 is 3.24. The van der Waals surface area contributed by atoms with E-state index < -0.39 is 5.91 Å². The van der Waals surface area contributed by atoms with Crippen LogP contribution < -0.4 is 20.8 Å². The van der Waals surface area contributed by atoms with Gasteiger partial charge in [-0.15, -0.1) is 5.10 Å². The number of phenolic OH excluding ortho intramolecular Hbond substituents is 1. The Morgan fingerprint density at radius 1 is 1.41 bits per heavy atom. The lowest BCUT2D eigenvalue weighted by Gasteiger charge is -2.15. The number of ether oxygens (including phenoxy) is 1. The zero-order valence-corrected chi connectivity index (χ0v) is 19.2. The molecule has 0 saturated carbocycles. The molecule has 1 amide bonds. The van der Waals surface area contributed by atoms with E-state index in [2.05, 4.69) is 51.7 Å². The summed E-state index contributed by atoms with van der Waals surface area (Å²) in [6, 6.07) is 3.20. The molecule has 14 heteroatoms. The summed E-state index contributed by atoms with van der Waals surface area (Å²) in [6.45, 7) is 6.16. The van der Waals surface area contributed by atoms with Gasteiger partial charge in [-0.2, -0.15) is 9.78 Å². The lowest BCUT2D eigenvalue weighted by molar-refractivity contribution is -0.910. The second kappa shape index (κ2) is 10.2. The van der Waals surface area contributed by atoms with Crippen molar-refractivity contribution in [3.05, 3.63) is 33.6 Å². The Kier molecular flexibility index (Phi) is 7.37. The molecule has 0 radical (unpaired) electrons. The number of anilines is 1. The molecule has 170 valence electrons. The fraction of sp³-hybridized carbons (Fsp3) is 0.333. The van der Waals surface area contributed by atoms with Crippen molar-refractivity contribution in [3.63, 3.8) is 0 Å². The number of hydrogen-bond acceptors (Lipinski definition) is 10. The zero-order valence-electron chi connectivity index (χ0n) is 17.7. The van der Waals surface area contributed by atoms with Crippen LogP contribution in [0.15, 0.2) is 26.3 Å². The Bertz CT molecular complexity index is 1120. The van der Waals surface area contributed by atoms with Crippen molar-refractivity contribution in [2.75, 3.05) is 25.9 Å². The van der Waals surface area contributed by atoms with Gasteiger partial charge in [0, 0.05) is 0 Å². The summed E-state index contributed by atoms with van der Waals surface area (Å²) in [6.07, 6.45) is 1.41. The Balaban J connectivity index is 1.86. The Labute approximate surface area is 191 Å². The average molecular weight is 509 g/mol. The van der Waals surface area contributed by atoms with Gasteiger partial charge in [-0.25, -0.2) is 10.1 Å². The number of quaternary nitrogens is 1. The summed E-state index contributed by atoms with van der Waals surface area (Å²) in [4.78, 5) is 14.0. The van der Waals surface area contributed by atoms with Crippen LogP contribution in [0.2, 0.25) is 0 Å². The predicted molar refractivity (Wildman–Crippen MR) is 117 cm³/mol. The molecule has 2 aromatic heterocycles. The number of halogens is 1. The van der Waals surface area contributed by atoms with E-state index in [0.717, 1.165) is 13.1 Å². The van der Waals surface area contributed by atoms with Gasteiger partial charge in [-0.3, -0.25) is 4.79 Å². The van der Waals surface area contributed by atoms with Crippen molar-refractivity contribution >= 4 is 33.9 Å². The molecule has 3 aromatic rings. The first kappa shape index (κ1) is 23.1. The van der Waals surface area contributed by atoms with Crippen molar-refractivity contribution in [2.24, 2.45) is 5.10 Å². The van der Waals surface area contributed by atoms with Crippen molar-refractivity contribution in [2.45, 2.75) is 20.4 Å². The monoisotopic (exact) mass is 508 g/mol. The second-order valence-electron chi connectivity index (χ2n) is 6.66. The molecule has 0 aliphatic heterocycles. The van der Waals surface area contributed by atoms with Gasteiger partial charge in [0.25, 0.3) is 5.91 Å². The van der Waals surface area contributed by atoms with Crippen LogP contribution in [-0.2, 0) is 6.54 Å². The first-order chi connectivity index (χ1) is 15.4. The number of hydrazone groups is 1. The maximum Gasteiger partial charge on any atom is 0.294 e. The number of phenols is 1. The number of hydrogen-bond donors (Lipinski definition) is 4. The van der Waals surface area contributed by atoms with E-state index in [9.17, 15) is 9.90 Å². The molecular formula is C18H23BrN9O4+. The van der Waals surface area contributed by atoms with Crippen molar-refractivity contribution < 1.29 is 24.2 Å². The molecule has 0 spiro atoms. The summed E-state index contributed by atoms with van der Waals surface area (Å²) in [5, 5.41) is 29.2. The fourth-order valence-electron chi connectivity index (χ4n) is 2.92. The van der Waals surface area contributed by atoms with Crippen LogP contribution in [0.4, 0.5) is 5.82 Å². The number of nitrogens with one attached hydrogen (secondary N) is 2. The number of aromatic nitrogens is 5. The molecule has 0 fully saturated rings.